The minimum absolute atomic E-state index is 0.00357. The molecule has 0 radical (unpaired) electrons. The van der Waals surface area contributed by atoms with Gasteiger partial charge in [0.05, 0.1) is 25.9 Å². The summed E-state index contributed by atoms with van der Waals surface area (Å²) < 4.78 is 18.5. The molecule has 268 valence electrons. The van der Waals surface area contributed by atoms with Gasteiger partial charge in [-0.2, -0.15) is 0 Å². The Morgan fingerprint density at radius 2 is 1.60 bits per heavy atom. The van der Waals surface area contributed by atoms with Crippen molar-refractivity contribution in [1.29, 1.82) is 0 Å². The van der Waals surface area contributed by atoms with Crippen molar-refractivity contribution in [2.75, 3.05) is 20.2 Å². The predicted molar refractivity (Wildman–Crippen MR) is 192 cm³/mol. The molecule has 1 aliphatic carbocycles. The fourth-order valence-corrected chi connectivity index (χ4v) is 8.72. The number of carbonyl (C=O) groups is 2. The first-order chi connectivity index (χ1) is 23.9. The number of nitrogens with zero attached hydrogens (tertiary/aromatic N) is 1. The third-order valence-electron chi connectivity index (χ3n) is 10.8. The number of ether oxygens (including phenoxy) is 3. The van der Waals surface area contributed by atoms with E-state index in [1.54, 1.807) is 0 Å². The molecule has 7 unspecified atom stereocenters. The number of urea groups is 1. The fourth-order valence-electron chi connectivity index (χ4n) is 8.72. The van der Waals surface area contributed by atoms with Crippen LogP contribution in [-0.4, -0.2) is 60.4 Å². The number of rotatable bonds is 11. The van der Waals surface area contributed by atoms with Gasteiger partial charge in [-0.1, -0.05) is 107 Å². The number of benzene rings is 3. The van der Waals surface area contributed by atoms with Crippen LogP contribution in [0.2, 0.25) is 0 Å². The molecule has 3 N–H and O–H groups in total. The van der Waals surface area contributed by atoms with Crippen molar-refractivity contribution in [3.8, 4) is 0 Å². The van der Waals surface area contributed by atoms with Gasteiger partial charge in [-0.05, 0) is 52.3 Å². The van der Waals surface area contributed by atoms with Gasteiger partial charge in [-0.3, -0.25) is 4.90 Å². The minimum atomic E-state index is -0.803. The van der Waals surface area contributed by atoms with E-state index in [2.05, 4.69) is 55.4 Å². The Kier molecular flexibility index (Phi) is 11.0. The van der Waals surface area contributed by atoms with Crippen LogP contribution in [0.4, 0.5) is 4.79 Å². The van der Waals surface area contributed by atoms with Crippen LogP contribution in [-0.2, 0) is 38.6 Å². The highest BCUT2D eigenvalue weighted by Crippen LogP contribution is 2.53. The number of carbonyl (C=O) groups excluding carboxylic acids is 2. The number of fused-ring (bicyclic) bond motifs is 2. The van der Waals surface area contributed by atoms with E-state index in [0.717, 1.165) is 40.9 Å². The third-order valence-corrected chi connectivity index (χ3v) is 10.8. The predicted octanol–water partition coefficient (Wildman–Crippen LogP) is 6.45. The van der Waals surface area contributed by atoms with E-state index in [9.17, 15) is 14.7 Å². The third kappa shape index (κ3) is 8.57. The van der Waals surface area contributed by atoms with Crippen molar-refractivity contribution in [2.45, 2.75) is 97.1 Å². The summed E-state index contributed by atoms with van der Waals surface area (Å²) >= 11 is 0. The van der Waals surface area contributed by atoms with Crippen LogP contribution in [0.3, 0.4) is 0 Å². The van der Waals surface area contributed by atoms with Crippen LogP contribution >= 0.6 is 0 Å². The van der Waals surface area contributed by atoms with Gasteiger partial charge in [0.25, 0.3) is 0 Å². The van der Waals surface area contributed by atoms with Gasteiger partial charge in [0.2, 0.25) is 0 Å². The molecule has 2 aliphatic heterocycles. The zero-order valence-corrected chi connectivity index (χ0v) is 30.1. The van der Waals surface area contributed by atoms with Gasteiger partial charge in [-0.25, -0.2) is 9.59 Å². The average molecular weight is 684 g/mol. The lowest BCUT2D eigenvalue weighted by Crippen LogP contribution is -2.47. The summed E-state index contributed by atoms with van der Waals surface area (Å²) in [6, 6.07) is 24.8. The normalized spacial score (nSPS) is 28.1. The number of aliphatic hydroxyl groups is 1. The number of hydrogen-bond donors (Lipinski definition) is 3. The number of esters is 1. The molecule has 50 heavy (non-hydrogen) atoms. The summed E-state index contributed by atoms with van der Waals surface area (Å²) in [4.78, 5) is 27.9. The molecular formula is C41H53N3O6. The Morgan fingerprint density at radius 3 is 2.28 bits per heavy atom. The Morgan fingerprint density at radius 1 is 0.920 bits per heavy atom. The number of methoxy groups -OCH3 is 1. The molecule has 0 aromatic heterocycles. The minimum Gasteiger partial charge on any atom is -0.467 e. The van der Waals surface area contributed by atoms with Crippen LogP contribution < -0.4 is 10.6 Å². The van der Waals surface area contributed by atoms with E-state index >= 15 is 0 Å². The maximum absolute atomic E-state index is 12.8. The highest BCUT2D eigenvalue weighted by Gasteiger charge is 2.51. The topological polar surface area (TPSA) is 109 Å². The van der Waals surface area contributed by atoms with Crippen molar-refractivity contribution < 1.29 is 28.9 Å². The second-order valence-corrected chi connectivity index (χ2v) is 15.8. The molecule has 2 bridgehead atoms. The quantitative estimate of drug-likeness (QED) is 0.199. The largest absolute Gasteiger partial charge is 0.467 e. The fraction of sp³-hybridized carbons (Fsp3) is 0.512. The molecule has 9 nitrogen and oxygen atoms in total. The average Bonchev–Trinajstić information content (AvgIpc) is 3.35. The zero-order valence-electron chi connectivity index (χ0n) is 30.1. The van der Waals surface area contributed by atoms with Crippen molar-refractivity contribution in [3.05, 3.63) is 107 Å². The standard InChI is InChI=1S/C41H53N3O6/c1-27-35(23-44-26-41(4)21-33(44)20-40(2,3)25-41)49-38(50-36(27)31-15-13-30(24-45)14-16-31)32-17-11-29(12-18-32)22-42-39(47)43-34(37(46)48-5)19-28-9-7-6-8-10-28/h6-18,27,33-36,38,45H,19-26H2,1-5H3,(H2,42,43,47). The summed E-state index contributed by atoms with van der Waals surface area (Å²) in [5.41, 5.74) is 5.36. The van der Waals surface area contributed by atoms with Crippen LogP contribution in [0.25, 0.3) is 0 Å². The summed E-state index contributed by atoms with van der Waals surface area (Å²) in [5.74, 6) is -0.382. The highest BCUT2D eigenvalue weighted by molar-refractivity contribution is 5.83. The van der Waals surface area contributed by atoms with Gasteiger partial charge >= 0.3 is 12.0 Å². The Balaban J connectivity index is 1.13. The molecule has 3 aromatic carbocycles. The number of hydrogen-bond acceptors (Lipinski definition) is 7. The van der Waals surface area contributed by atoms with Gasteiger partial charge in [0, 0.05) is 43.6 Å². The van der Waals surface area contributed by atoms with Crippen molar-refractivity contribution in [2.24, 2.45) is 16.7 Å². The van der Waals surface area contributed by atoms with E-state index in [0.29, 0.717) is 23.3 Å². The summed E-state index contributed by atoms with van der Waals surface area (Å²) in [5, 5.41) is 15.3. The van der Waals surface area contributed by atoms with E-state index in [4.69, 9.17) is 14.2 Å². The van der Waals surface area contributed by atoms with Crippen molar-refractivity contribution >= 4 is 12.0 Å². The molecule has 3 aliphatic rings. The van der Waals surface area contributed by atoms with E-state index in [1.807, 2.05) is 66.7 Å². The molecule has 2 heterocycles. The SMILES string of the molecule is COC(=O)C(Cc1ccccc1)NC(=O)NCc1ccc(C2OC(CN3CC4(C)CC3CC(C)(C)C4)C(C)C(c3ccc(CO)cc3)O2)cc1. The van der Waals surface area contributed by atoms with Crippen LogP contribution in [0.5, 0.6) is 0 Å². The van der Waals surface area contributed by atoms with Crippen LogP contribution in [0.15, 0.2) is 78.9 Å². The monoisotopic (exact) mass is 683 g/mol. The summed E-state index contributed by atoms with van der Waals surface area (Å²) in [6.45, 7) is 11.7. The summed E-state index contributed by atoms with van der Waals surface area (Å²) in [6.07, 6.45) is 3.26. The second-order valence-electron chi connectivity index (χ2n) is 15.8. The van der Waals surface area contributed by atoms with E-state index < -0.39 is 24.3 Å². The van der Waals surface area contributed by atoms with E-state index in [1.165, 1.54) is 26.4 Å². The molecule has 6 rings (SSSR count). The van der Waals surface area contributed by atoms with Crippen molar-refractivity contribution in [1.82, 2.24) is 15.5 Å². The zero-order chi connectivity index (χ0) is 35.5. The molecular weight excluding hydrogens is 630 g/mol. The van der Waals surface area contributed by atoms with E-state index in [-0.39, 0.29) is 31.3 Å². The van der Waals surface area contributed by atoms with Gasteiger partial charge in [0.1, 0.15) is 6.04 Å². The molecule has 9 heteroatoms. The molecule has 3 aromatic rings. The smallest absolute Gasteiger partial charge is 0.328 e. The second kappa shape index (κ2) is 15.2. The van der Waals surface area contributed by atoms with Gasteiger partial charge < -0.3 is 30.0 Å². The van der Waals surface area contributed by atoms with Gasteiger partial charge in [0.15, 0.2) is 6.29 Å². The number of nitrogens with one attached hydrogen (secondary N) is 2. The maximum Gasteiger partial charge on any atom is 0.328 e. The molecule has 0 spiro atoms. The molecule has 2 amide bonds. The Labute approximate surface area is 296 Å². The Bertz CT molecular complexity index is 1600. The van der Waals surface area contributed by atoms with Crippen molar-refractivity contribution in [3.63, 3.8) is 0 Å². The molecule has 7 atom stereocenters. The maximum atomic E-state index is 12.8. The first-order valence-corrected chi connectivity index (χ1v) is 17.9. The lowest BCUT2D eigenvalue weighted by Gasteiger charge is -2.43. The molecule has 1 saturated carbocycles. The number of amides is 2. The van der Waals surface area contributed by atoms with Gasteiger partial charge in [-0.15, -0.1) is 0 Å². The Hall–Kier alpha value is -3.76. The number of likely N-dealkylation sites (tertiary alicyclic amines) is 1. The van der Waals surface area contributed by atoms with Crippen LogP contribution in [0.1, 0.15) is 87.2 Å². The van der Waals surface area contributed by atoms with Crippen LogP contribution in [0, 0.1) is 16.7 Å². The molecule has 2 saturated heterocycles. The first kappa shape index (κ1) is 36.0. The molecule has 3 fully saturated rings. The lowest BCUT2D eigenvalue weighted by molar-refractivity contribution is -0.276. The first-order valence-electron chi connectivity index (χ1n) is 17.9. The summed E-state index contributed by atoms with van der Waals surface area (Å²) in [7, 11) is 1.32. The highest BCUT2D eigenvalue weighted by atomic mass is 16.7. The lowest BCUT2D eigenvalue weighted by atomic mass is 9.65. The number of aliphatic hydroxyl groups excluding tert-OH is 1.